The van der Waals surface area contributed by atoms with Gasteiger partial charge >= 0.3 is 0 Å². The summed E-state index contributed by atoms with van der Waals surface area (Å²) in [5.41, 5.74) is 1.27. The average Bonchev–Trinajstić information content (AvgIpc) is 2.91. The number of carbonyl (C=O) groups excluding carboxylic acids is 1. The Morgan fingerprint density at radius 1 is 1.35 bits per heavy atom. The van der Waals surface area contributed by atoms with Crippen LogP contribution in [-0.4, -0.2) is 28.5 Å². The van der Waals surface area contributed by atoms with Crippen molar-refractivity contribution in [1.29, 1.82) is 0 Å². The van der Waals surface area contributed by atoms with E-state index in [0.717, 1.165) is 31.4 Å². The van der Waals surface area contributed by atoms with E-state index < -0.39 is 0 Å². The number of hydrogen-bond acceptors (Lipinski definition) is 4. The number of nitrogens with zero attached hydrogens (tertiary/aromatic N) is 2. The number of unbranched alkanes of at least 4 members (excludes halogenated alkanes) is 1. The van der Waals surface area contributed by atoms with Crippen LogP contribution in [0.25, 0.3) is 0 Å². The van der Waals surface area contributed by atoms with Gasteiger partial charge < -0.3 is 10.6 Å². The minimum absolute atomic E-state index is 0.113. The highest BCUT2D eigenvalue weighted by molar-refractivity contribution is 5.92. The first-order valence-electron chi connectivity index (χ1n) is 7.59. The molecule has 5 heteroatoms. The highest BCUT2D eigenvalue weighted by Crippen LogP contribution is 2.20. The topological polar surface area (TPSA) is 66.9 Å². The lowest BCUT2D eigenvalue weighted by molar-refractivity contribution is 0.0948. The third-order valence-electron chi connectivity index (χ3n) is 3.59. The summed E-state index contributed by atoms with van der Waals surface area (Å²) in [7, 11) is 0. The molecule has 1 aromatic heterocycles. The maximum absolute atomic E-state index is 12.0. The number of aromatic nitrogens is 2. The molecule has 1 fully saturated rings. The van der Waals surface area contributed by atoms with Gasteiger partial charge in [0.05, 0.1) is 0 Å². The molecule has 1 heterocycles. The molecule has 2 rings (SSSR count). The van der Waals surface area contributed by atoms with Crippen LogP contribution in [0.2, 0.25) is 0 Å². The highest BCUT2D eigenvalue weighted by Gasteiger charge is 2.17. The molecule has 0 aliphatic heterocycles. The molecule has 0 unspecified atom stereocenters. The molecule has 1 aliphatic rings. The third-order valence-corrected chi connectivity index (χ3v) is 3.59. The first-order chi connectivity index (χ1) is 9.69. The highest BCUT2D eigenvalue weighted by atomic mass is 16.1. The standard InChI is InChI=1S/C15H24N4O/c1-3-4-9-16-14(20)13-10-11(2)17-15(19-13)18-12-7-5-6-8-12/h10,12H,3-9H2,1-2H3,(H,16,20)(H,17,18,19). The van der Waals surface area contributed by atoms with Gasteiger partial charge in [-0.15, -0.1) is 0 Å². The van der Waals surface area contributed by atoms with Gasteiger partial charge in [0, 0.05) is 18.3 Å². The summed E-state index contributed by atoms with van der Waals surface area (Å²) in [4.78, 5) is 20.7. The summed E-state index contributed by atoms with van der Waals surface area (Å²) >= 11 is 0. The Morgan fingerprint density at radius 2 is 2.10 bits per heavy atom. The van der Waals surface area contributed by atoms with Gasteiger partial charge in [0.2, 0.25) is 5.95 Å². The van der Waals surface area contributed by atoms with Crippen LogP contribution in [0.4, 0.5) is 5.95 Å². The zero-order valence-corrected chi connectivity index (χ0v) is 12.4. The van der Waals surface area contributed by atoms with Crippen molar-refractivity contribution in [2.45, 2.75) is 58.4 Å². The Kier molecular flexibility index (Phi) is 5.32. The van der Waals surface area contributed by atoms with E-state index in [2.05, 4.69) is 27.5 Å². The van der Waals surface area contributed by atoms with Crippen molar-refractivity contribution < 1.29 is 4.79 Å². The number of rotatable bonds is 6. The van der Waals surface area contributed by atoms with Crippen LogP contribution in [0.5, 0.6) is 0 Å². The molecule has 0 radical (unpaired) electrons. The molecule has 110 valence electrons. The zero-order valence-electron chi connectivity index (χ0n) is 12.4. The lowest BCUT2D eigenvalue weighted by atomic mass is 10.2. The van der Waals surface area contributed by atoms with Crippen LogP contribution in [0.3, 0.4) is 0 Å². The molecular weight excluding hydrogens is 252 g/mol. The van der Waals surface area contributed by atoms with E-state index >= 15 is 0 Å². The Labute approximate surface area is 120 Å². The van der Waals surface area contributed by atoms with Gasteiger partial charge in [0.25, 0.3) is 5.91 Å². The number of anilines is 1. The van der Waals surface area contributed by atoms with Crippen molar-refractivity contribution in [3.8, 4) is 0 Å². The van der Waals surface area contributed by atoms with Crippen LogP contribution < -0.4 is 10.6 Å². The molecule has 0 bridgehead atoms. The van der Waals surface area contributed by atoms with Crippen molar-refractivity contribution >= 4 is 11.9 Å². The van der Waals surface area contributed by atoms with E-state index in [1.165, 1.54) is 12.8 Å². The maximum atomic E-state index is 12.0. The van der Waals surface area contributed by atoms with Crippen LogP contribution in [0.1, 0.15) is 61.6 Å². The molecule has 2 N–H and O–H groups in total. The van der Waals surface area contributed by atoms with E-state index in [4.69, 9.17) is 0 Å². The van der Waals surface area contributed by atoms with Crippen LogP contribution in [0.15, 0.2) is 6.07 Å². The van der Waals surface area contributed by atoms with E-state index in [1.54, 1.807) is 6.07 Å². The molecule has 1 aromatic rings. The molecule has 5 nitrogen and oxygen atoms in total. The van der Waals surface area contributed by atoms with Crippen LogP contribution in [0, 0.1) is 6.92 Å². The Hall–Kier alpha value is -1.65. The molecular formula is C15H24N4O. The number of nitrogens with one attached hydrogen (secondary N) is 2. The molecule has 20 heavy (non-hydrogen) atoms. The fourth-order valence-electron chi connectivity index (χ4n) is 2.47. The fourth-order valence-corrected chi connectivity index (χ4v) is 2.47. The number of aryl methyl sites for hydroxylation is 1. The monoisotopic (exact) mass is 276 g/mol. The predicted octanol–water partition coefficient (Wildman–Crippen LogP) is 2.67. The Bertz CT molecular complexity index is 455. The normalized spacial score (nSPS) is 15.3. The van der Waals surface area contributed by atoms with Crippen LogP contribution in [-0.2, 0) is 0 Å². The lowest BCUT2D eigenvalue weighted by Gasteiger charge is -2.13. The van der Waals surface area contributed by atoms with Gasteiger partial charge in [0.1, 0.15) is 5.69 Å². The summed E-state index contributed by atoms with van der Waals surface area (Å²) < 4.78 is 0. The summed E-state index contributed by atoms with van der Waals surface area (Å²) in [5.74, 6) is 0.468. The van der Waals surface area contributed by atoms with Gasteiger partial charge in [-0.05, 0) is 32.3 Å². The third kappa shape index (κ3) is 4.18. The summed E-state index contributed by atoms with van der Waals surface area (Å²) in [5, 5.41) is 6.23. The second kappa shape index (κ2) is 7.22. The van der Waals surface area contributed by atoms with Crippen molar-refractivity contribution in [2.24, 2.45) is 0 Å². The number of amides is 1. The summed E-state index contributed by atoms with van der Waals surface area (Å²) in [6, 6.07) is 2.19. The van der Waals surface area contributed by atoms with Gasteiger partial charge in [-0.1, -0.05) is 26.2 Å². The van der Waals surface area contributed by atoms with Crippen molar-refractivity contribution in [1.82, 2.24) is 15.3 Å². The molecule has 0 aromatic carbocycles. The van der Waals surface area contributed by atoms with E-state index in [9.17, 15) is 4.79 Å². The zero-order chi connectivity index (χ0) is 14.4. The van der Waals surface area contributed by atoms with E-state index in [0.29, 0.717) is 24.2 Å². The second-order valence-corrected chi connectivity index (χ2v) is 5.45. The molecule has 1 aliphatic carbocycles. The van der Waals surface area contributed by atoms with E-state index in [1.807, 2.05) is 6.92 Å². The average molecular weight is 276 g/mol. The number of hydrogen-bond donors (Lipinski definition) is 2. The maximum Gasteiger partial charge on any atom is 0.270 e. The second-order valence-electron chi connectivity index (χ2n) is 5.45. The largest absolute Gasteiger partial charge is 0.351 e. The van der Waals surface area contributed by atoms with Crippen molar-refractivity contribution in [2.75, 3.05) is 11.9 Å². The minimum atomic E-state index is -0.113. The SMILES string of the molecule is CCCCNC(=O)c1cc(C)nc(NC2CCCC2)n1. The predicted molar refractivity (Wildman–Crippen MR) is 79.9 cm³/mol. The summed E-state index contributed by atoms with van der Waals surface area (Å²) in [6.07, 6.45) is 6.90. The van der Waals surface area contributed by atoms with Gasteiger partial charge in [0.15, 0.2) is 0 Å². The molecule has 0 saturated heterocycles. The Morgan fingerprint density at radius 3 is 2.80 bits per heavy atom. The van der Waals surface area contributed by atoms with Gasteiger partial charge in [-0.25, -0.2) is 9.97 Å². The lowest BCUT2D eigenvalue weighted by Crippen LogP contribution is -2.26. The Balaban J connectivity index is 2.01. The molecule has 1 amide bonds. The molecule has 1 saturated carbocycles. The van der Waals surface area contributed by atoms with Crippen molar-refractivity contribution in [3.05, 3.63) is 17.5 Å². The van der Waals surface area contributed by atoms with Gasteiger partial charge in [-0.3, -0.25) is 4.79 Å². The van der Waals surface area contributed by atoms with Gasteiger partial charge in [-0.2, -0.15) is 0 Å². The summed E-state index contributed by atoms with van der Waals surface area (Å²) in [6.45, 7) is 4.69. The van der Waals surface area contributed by atoms with Crippen LogP contribution >= 0.6 is 0 Å². The smallest absolute Gasteiger partial charge is 0.270 e. The first-order valence-corrected chi connectivity index (χ1v) is 7.59. The van der Waals surface area contributed by atoms with E-state index in [-0.39, 0.29) is 5.91 Å². The first kappa shape index (κ1) is 14.8. The number of carbonyl (C=O) groups is 1. The molecule has 0 spiro atoms. The fraction of sp³-hybridized carbons (Fsp3) is 0.667. The minimum Gasteiger partial charge on any atom is -0.351 e. The molecule has 0 atom stereocenters. The van der Waals surface area contributed by atoms with Crippen molar-refractivity contribution in [3.63, 3.8) is 0 Å². The quantitative estimate of drug-likeness (QED) is 0.784.